The fraction of sp³-hybridized carbons (Fsp3) is 0.417. The first-order valence-corrected chi connectivity index (χ1v) is 11.9. The number of carbonyl (C=O) groups excluding carboxylic acids is 3. The number of nitrogens with zero attached hydrogens (tertiary/aromatic N) is 3. The van der Waals surface area contributed by atoms with Crippen LogP contribution in [0.1, 0.15) is 40.9 Å². The standard InChI is InChI=1S/C24H28N4O3S/c1-27(24(31)21-8-5-15-32-21)20(16-17-6-3-2-4-7-17)18-11-13-28(14-12-18)23(30)19-9-10-22(29)26-25-19/h2-8,15,18,20H,9-14,16H2,1H3,(H,26,29)/t20-/m0/s1. The van der Waals surface area contributed by atoms with Crippen LogP contribution in [0, 0.1) is 5.92 Å². The quantitative estimate of drug-likeness (QED) is 0.732. The van der Waals surface area contributed by atoms with Gasteiger partial charge >= 0.3 is 0 Å². The van der Waals surface area contributed by atoms with Gasteiger partial charge in [-0.05, 0) is 42.2 Å². The number of hydrogen-bond acceptors (Lipinski definition) is 5. The Labute approximate surface area is 192 Å². The zero-order valence-corrected chi connectivity index (χ0v) is 19.0. The third-order valence-corrected chi connectivity index (χ3v) is 7.22. The lowest BCUT2D eigenvalue weighted by atomic mass is 9.84. The van der Waals surface area contributed by atoms with Crippen LogP contribution in [0.25, 0.3) is 0 Å². The Morgan fingerprint density at radius 3 is 2.53 bits per heavy atom. The van der Waals surface area contributed by atoms with Crippen LogP contribution in [0.15, 0.2) is 52.9 Å². The van der Waals surface area contributed by atoms with Gasteiger partial charge < -0.3 is 9.80 Å². The van der Waals surface area contributed by atoms with Crippen LogP contribution >= 0.6 is 11.3 Å². The van der Waals surface area contributed by atoms with E-state index in [1.165, 1.54) is 16.9 Å². The Morgan fingerprint density at radius 2 is 1.91 bits per heavy atom. The van der Waals surface area contributed by atoms with Crippen molar-refractivity contribution in [2.75, 3.05) is 20.1 Å². The molecule has 1 N–H and O–H groups in total. The van der Waals surface area contributed by atoms with Gasteiger partial charge in [-0.15, -0.1) is 11.3 Å². The number of rotatable bonds is 6. The molecule has 0 bridgehead atoms. The number of benzene rings is 1. The zero-order chi connectivity index (χ0) is 22.5. The Hall–Kier alpha value is -3.00. The molecule has 1 saturated heterocycles. The minimum atomic E-state index is -0.151. The van der Waals surface area contributed by atoms with Gasteiger partial charge in [0.15, 0.2) is 0 Å². The highest BCUT2D eigenvalue weighted by atomic mass is 32.1. The van der Waals surface area contributed by atoms with Crippen molar-refractivity contribution >= 4 is 34.8 Å². The summed E-state index contributed by atoms with van der Waals surface area (Å²) in [5.41, 5.74) is 4.03. The molecule has 1 aromatic heterocycles. The predicted octanol–water partition coefficient (Wildman–Crippen LogP) is 2.94. The van der Waals surface area contributed by atoms with Crippen molar-refractivity contribution in [2.24, 2.45) is 11.0 Å². The Morgan fingerprint density at radius 1 is 1.16 bits per heavy atom. The van der Waals surface area contributed by atoms with E-state index in [-0.39, 0.29) is 23.8 Å². The molecule has 0 saturated carbocycles. The van der Waals surface area contributed by atoms with Crippen LogP contribution in [0.3, 0.4) is 0 Å². The third-order valence-electron chi connectivity index (χ3n) is 6.36. The predicted molar refractivity (Wildman–Crippen MR) is 124 cm³/mol. The van der Waals surface area contributed by atoms with Gasteiger partial charge in [0.05, 0.1) is 4.88 Å². The van der Waals surface area contributed by atoms with E-state index >= 15 is 0 Å². The second kappa shape index (κ2) is 10.1. The second-order valence-corrected chi connectivity index (χ2v) is 9.32. The van der Waals surface area contributed by atoms with E-state index in [9.17, 15) is 14.4 Å². The molecule has 1 fully saturated rings. The van der Waals surface area contributed by atoms with Gasteiger partial charge in [0.25, 0.3) is 11.8 Å². The van der Waals surface area contributed by atoms with E-state index in [2.05, 4.69) is 22.7 Å². The van der Waals surface area contributed by atoms with E-state index in [1.54, 1.807) is 0 Å². The molecule has 0 spiro atoms. The molecule has 0 unspecified atom stereocenters. The maximum absolute atomic E-state index is 13.1. The fourth-order valence-electron chi connectivity index (χ4n) is 4.50. The Kier molecular flexibility index (Phi) is 6.99. The molecule has 2 aromatic rings. The summed E-state index contributed by atoms with van der Waals surface area (Å²) in [6.45, 7) is 1.26. The Balaban J connectivity index is 1.45. The summed E-state index contributed by atoms with van der Waals surface area (Å²) in [4.78, 5) is 41.7. The van der Waals surface area contributed by atoms with Crippen molar-refractivity contribution < 1.29 is 14.4 Å². The van der Waals surface area contributed by atoms with E-state index in [1.807, 2.05) is 52.6 Å². The van der Waals surface area contributed by atoms with Crippen LogP contribution in [0.4, 0.5) is 0 Å². The number of amides is 3. The van der Waals surface area contributed by atoms with Gasteiger partial charge in [-0.3, -0.25) is 14.4 Å². The number of piperidine rings is 1. The highest BCUT2D eigenvalue weighted by Gasteiger charge is 2.34. The largest absolute Gasteiger partial charge is 0.338 e. The monoisotopic (exact) mass is 452 g/mol. The van der Waals surface area contributed by atoms with E-state index in [4.69, 9.17) is 0 Å². The summed E-state index contributed by atoms with van der Waals surface area (Å²) in [7, 11) is 1.90. The molecule has 2 aliphatic heterocycles. The fourth-order valence-corrected chi connectivity index (χ4v) is 5.20. The smallest absolute Gasteiger partial charge is 0.270 e. The molecule has 8 heteroatoms. The molecular weight excluding hydrogens is 424 g/mol. The summed E-state index contributed by atoms with van der Waals surface area (Å²) < 4.78 is 0. The van der Waals surface area contributed by atoms with E-state index < -0.39 is 0 Å². The van der Waals surface area contributed by atoms with Crippen molar-refractivity contribution in [2.45, 2.75) is 38.1 Å². The van der Waals surface area contributed by atoms with Crippen molar-refractivity contribution in [3.05, 3.63) is 58.3 Å². The SMILES string of the molecule is CN(C(=O)c1cccs1)[C@@H](Cc1ccccc1)C1CCN(C(=O)C2=NNC(=O)CC2)CC1. The van der Waals surface area contributed by atoms with Crippen molar-refractivity contribution in [1.29, 1.82) is 0 Å². The molecule has 3 heterocycles. The van der Waals surface area contributed by atoms with Crippen LogP contribution in [-0.2, 0) is 16.0 Å². The molecule has 1 aromatic carbocycles. The summed E-state index contributed by atoms with van der Waals surface area (Å²) in [6.07, 6.45) is 3.12. The third kappa shape index (κ3) is 5.07. The summed E-state index contributed by atoms with van der Waals surface area (Å²) in [5, 5.41) is 5.87. The first kappa shape index (κ1) is 22.2. The Bertz CT molecular complexity index is 982. The number of likely N-dealkylation sites (tertiary alicyclic amines) is 1. The first-order valence-electron chi connectivity index (χ1n) is 11.0. The number of hydrazone groups is 1. The van der Waals surface area contributed by atoms with Crippen molar-refractivity contribution in [3.63, 3.8) is 0 Å². The van der Waals surface area contributed by atoms with Crippen LogP contribution in [-0.4, -0.2) is 59.4 Å². The molecule has 3 amide bonds. The molecular formula is C24H28N4O3S. The number of hydrogen-bond donors (Lipinski definition) is 1. The zero-order valence-electron chi connectivity index (χ0n) is 18.2. The number of likely N-dealkylation sites (N-methyl/N-ethyl adjacent to an activating group) is 1. The van der Waals surface area contributed by atoms with Crippen molar-refractivity contribution in [3.8, 4) is 0 Å². The van der Waals surface area contributed by atoms with Crippen LogP contribution in [0.5, 0.6) is 0 Å². The lowest BCUT2D eigenvalue weighted by molar-refractivity contribution is -0.126. The minimum Gasteiger partial charge on any atom is -0.338 e. The average Bonchev–Trinajstić information content (AvgIpc) is 3.38. The van der Waals surface area contributed by atoms with E-state index in [0.29, 0.717) is 37.6 Å². The number of thiophene rings is 1. The van der Waals surface area contributed by atoms with Gasteiger partial charge in [0, 0.05) is 39.0 Å². The highest BCUT2D eigenvalue weighted by molar-refractivity contribution is 7.12. The van der Waals surface area contributed by atoms with Gasteiger partial charge in [0.1, 0.15) is 5.71 Å². The van der Waals surface area contributed by atoms with Gasteiger partial charge in [0.2, 0.25) is 5.91 Å². The number of nitrogens with one attached hydrogen (secondary N) is 1. The van der Waals surface area contributed by atoms with E-state index in [0.717, 1.165) is 24.1 Å². The van der Waals surface area contributed by atoms with Gasteiger partial charge in [-0.2, -0.15) is 5.10 Å². The second-order valence-electron chi connectivity index (χ2n) is 8.37. The molecule has 1 atom stereocenters. The lowest BCUT2D eigenvalue weighted by Gasteiger charge is -2.40. The van der Waals surface area contributed by atoms with Crippen LogP contribution in [0.2, 0.25) is 0 Å². The molecule has 168 valence electrons. The number of carbonyl (C=O) groups is 3. The first-order chi connectivity index (χ1) is 15.5. The summed E-state index contributed by atoms with van der Waals surface area (Å²) >= 11 is 1.46. The molecule has 0 aliphatic carbocycles. The van der Waals surface area contributed by atoms with Gasteiger partial charge in [-0.25, -0.2) is 5.43 Å². The molecule has 7 nitrogen and oxygen atoms in total. The normalized spacial score (nSPS) is 18.0. The summed E-state index contributed by atoms with van der Waals surface area (Å²) in [6, 6.07) is 14.1. The molecule has 2 aliphatic rings. The topological polar surface area (TPSA) is 82.1 Å². The average molecular weight is 453 g/mol. The van der Waals surface area contributed by atoms with Crippen molar-refractivity contribution in [1.82, 2.24) is 15.2 Å². The van der Waals surface area contributed by atoms with Gasteiger partial charge in [-0.1, -0.05) is 36.4 Å². The molecule has 32 heavy (non-hydrogen) atoms. The molecule has 0 radical (unpaired) electrons. The molecule has 4 rings (SSSR count). The van der Waals surface area contributed by atoms with Crippen LogP contribution < -0.4 is 5.43 Å². The summed E-state index contributed by atoms with van der Waals surface area (Å²) in [5.74, 6) is 0.0986. The minimum absolute atomic E-state index is 0.0479. The lowest BCUT2D eigenvalue weighted by Crippen LogP contribution is -2.49. The maximum Gasteiger partial charge on any atom is 0.270 e. The maximum atomic E-state index is 13.1. The highest BCUT2D eigenvalue weighted by Crippen LogP contribution is 2.28.